The van der Waals surface area contributed by atoms with Gasteiger partial charge in [-0.3, -0.25) is 28.8 Å². The Morgan fingerprint density at radius 1 is 0.560 bits per heavy atom. The molecule has 11 heteroatoms. The van der Waals surface area contributed by atoms with Crippen LogP contribution in [0.5, 0.6) is 0 Å². The van der Waals surface area contributed by atoms with Crippen molar-refractivity contribution in [1.29, 1.82) is 0 Å². The van der Waals surface area contributed by atoms with Crippen LogP contribution in [-0.2, 0) is 28.8 Å². The number of rotatable bonds is 32. The minimum Gasteiger partial charge on any atom is -0.481 e. The van der Waals surface area contributed by atoms with E-state index >= 15 is 0 Å². The largest absolute Gasteiger partial charge is 0.481 e. The number of nitrogens with one attached hydrogen (secondary N) is 2. The van der Waals surface area contributed by atoms with Gasteiger partial charge in [-0.1, -0.05) is 89.9 Å². The Labute approximate surface area is 300 Å². The van der Waals surface area contributed by atoms with Crippen LogP contribution in [0.25, 0.3) is 0 Å². The average molecular weight is 709 g/mol. The van der Waals surface area contributed by atoms with E-state index in [1.807, 2.05) is 0 Å². The van der Waals surface area contributed by atoms with Crippen molar-refractivity contribution in [1.82, 2.24) is 10.6 Å². The molecule has 0 saturated heterocycles. The minimum absolute atomic E-state index is 0.0297. The zero-order valence-electron chi connectivity index (χ0n) is 30.9. The molecule has 0 radical (unpaired) electrons. The van der Waals surface area contributed by atoms with Gasteiger partial charge in [0.25, 0.3) is 0 Å². The lowest BCUT2D eigenvalue weighted by Crippen LogP contribution is -2.34. The number of unbranched alkanes of at least 4 members (excludes halogenated alkanes) is 15. The van der Waals surface area contributed by atoms with Crippen LogP contribution >= 0.6 is 0 Å². The summed E-state index contributed by atoms with van der Waals surface area (Å²) in [7, 11) is 0. The van der Waals surface area contributed by atoms with Gasteiger partial charge in [0.05, 0.1) is 5.92 Å². The molecular formula is C39H68N2O9. The Morgan fingerprint density at radius 2 is 1.02 bits per heavy atom. The molecule has 0 bridgehead atoms. The molecule has 5 N–H and O–H groups in total. The Bertz CT molecular complexity index is 994. The molecule has 0 aromatic rings. The van der Waals surface area contributed by atoms with Gasteiger partial charge >= 0.3 is 17.9 Å². The quantitative estimate of drug-likeness (QED) is 0.0434. The molecule has 1 aliphatic rings. The van der Waals surface area contributed by atoms with Crippen LogP contribution in [0.3, 0.4) is 0 Å². The Hall–Kier alpha value is -2.98. The molecule has 0 aromatic heterocycles. The van der Waals surface area contributed by atoms with E-state index < -0.39 is 23.8 Å². The Morgan fingerprint density at radius 3 is 1.48 bits per heavy atom. The summed E-state index contributed by atoms with van der Waals surface area (Å²) >= 11 is 0. The van der Waals surface area contributed by atoms with Crippen LogP contribution in [0.4, 0.5) is 0 Å². The number of hydrogen-bond acceptors (Lipinski definition) is 6. The van der Waals surface area contributed by atoms with Crippen molar-refractivity contribution in [2.24, 2.45) is 17.8 Å². The van der Waals surface area contributed by atoms with Crippen LogP contribution in [-0.4, -0.2) is 63.4 Å². The number of ketones is 1. The van der Waals surface area contributed by atoms with Gasteiger partial charge in [0.15, 0.2) is 0 Å². The number of carbonyl (C=O) groups is 6. The first-order chi connectivity index (χ1) is 24.0. The summed E-state index contributed by atoms with van der Waals surface area (Å²) in [5, 5.41) is 32.8. The van der Waals surface area contributed by atoms with Gasteiger partial charge in [-0.15, -0.1) is 0 Å². The summed E-state index contributed by atoms with van der Waals surface area (Å²) in [5.74, 6) is -3.82. The molecule has 288 valence electrons. The fraction of sp³-hybridized carbons (Fsp3) is 0.846. The second kappa shape index (κ2) is 28.7. The third-order valence-corrected chi connectivity index (χ3v) is 10.1. The third kappa shape index (κ3) is 25.0. The van der Waals surface area contributed by atoms with E-state index in [-0.39, 0.29) is 55.2 Å². The molecular weight excluding hydrogens is 640 g/mol. The van der Waals surface area contributed by atoms with Gasteiger partial charge in [0.2, 0.25) is 11.8 Å². The van der Waals surface area contributed by atoms with Gasteiger partial charge in [-0.25, -0.2) is 0 Å². The highest BCUT2D eigenvalue weighted by Crippen LogP contribution is 2.31. The maximum absolute atomic E-state index is 12.9. The second-order valence-electron chi connectivity index (χ2n) is 14.7. The fourth-order valence-electron chi connectivity index (χ4n) is 6.86. The molecule has 0 spiro atoms. The topological polar surface area (TPSA) is 187 Å². The van der Waals surface area contributed by atoms with E-state index in [1.165, 1.54) is 70.6 Å². The summed E-state index contributed by atoms with van der Waals surface area (Å²) in [5.41, 5.74) is 0. The van der Waals surface area contributed by atoms with E-state index in [4.69, 9.17) is 10.2 Å². The van der Waals surface area contributed by atoms with Crippen molar-refractivity contribution in [2.75, 3.05) is 6.54 Å². The summed E-state index contributed by atoms with van der Waals surface area (Å²) < 4.78 is 0. The zero-order valence-corrected chi connectivity index (χ0v) is 30.9. The standard InChI is InChI=1S/C39H68N2O9/c1-30(20-27-38(47)48)41-36(44)26-25-33(39(49)50)28-34(42)32-23-21-31(22-24-32)29-40-35(43)18-16-14-12-10-8-6-4-2-3-5-7-9-11-13-15-17-19-37(45)46/h30-33H,2-29H2,1H3,(H,40,43)(H,41,44)(H,45,46)(H,47,48)(H,49,50). The predicted octanol–water partition coefficient (Wildman–Crippen LogP) is 7.83. The van der Waals surface area contributed by atoms with Crippen molar-refractivity contribution in [3.8, 4) is 0 Å². The van der Waals surface area contributed by atoms with Crippen molar-refractivity contribution in [3.05, 3.63) is 0 Å². The molecule has 0 aromatic carbocycles. The molecule has 1 saturated carbocycles. The lowest BCUT2D eigenvalue weighted by molar-refractivity contribution is -0.145. The molecule has 1 aliphatic carbocycles. The van der Waals surface area contributed by atoms with E-state index in [1.54, 1.807) is 6.92 Å². The fourth-order valence-corrected chi connectivity index (χ4v) is 6.86. The van der Waals surface area contributed by atoms with Crippen molar-refractivity contribution in [2.45, 2.75) is 186 Å². The van der Waals surface area contributed by atoms with Crippen molar-refractivity contribution in [3.63, 3.8) is 0 Å². The summed E-state index contributed by atoms with van der Waals surface area (Å²) in [6.45, 7) is 2.32. The zero-order chi connectivity index (χ0) is 37.0. The Balaban J connectivity index is 2.03. The average Bonchev–Trinajstić information content (AvgIpc) is 3.07. The first kappa shape index (κ1) is 45.0. The van der Waals surface area contributed by atoms with Crippen LogP contribution in [0.2, 0.25) is 0 Å². The van der Waals surface area contributed by atoms with E-state index in [0.29, 0.717) is 44.6 Å². The Kier molecular flexibility index (Phi) is 25.8. The molecule has 11 nitrogen and oxygen atoms in total. The summed E-state index contributed by atoms with van der Waals surface area (Å²) in [4.78, 5) is 70.4. The number of amides is 2. The van der Waals surface area contributed by atoms with Gasteiger partial charge in [0, 0.05) is 50.6 Å². The highest BCUT2D eigenvalue weighted by molar-refractivity contribution is 5.86. The van der Waals surface area contributed by atoms with Crippen molar-refractivity contribution < 1.29 is 44.1 Å². The summed E-state index contributed by atoms with van der Waals surface area (Å²) in [6.07, 6.45) is 22.9. The minimum atomic E-state index is -1.09. The van der Waals surface area contributed by atoms with E-state index in [0.717, 1.165) is 44.9 Å². The van der Waals surface area contributed by atoms with Crippen LogP contribution in [0.1, 0.15) is 180 Å². The second-order valence-corrected chi connectivity index (χ2v) is 14.7. The molecule has 2 amide bonds. The monoisotopic (exact) mass is 708 g/mol. The van der Waals surface area contributed by atoms with E-state index in [9.17, 15) is 33.9 Å². The molecule has 2 atom stereocenters. The van der Waals surface area contributed by atoms with Gasteiger partial charge < -0.3 is 26.0 Å². The van der Waals surface area contributed by atoms with E-state index in [2.05, 4.69) is 10.6 Å². The smallest absolute Gasteiger partial charge is 0.306 e. The lowest BCUT2D eigenvalue weighted by atomic mass is 9.78. The number of carboxylic acid groups (broad SMARTS) is 3. The highest BCUT2D eigenvalue weighted by atomic mass is 16.4. The first-order valence-electron chi connectivity index (χ1n) is 19.7. The number of carboxylic acids is 3. The molecule has 0 aliphatic heterocycles. The molecule has 50 heavy (non-hydrogen) atoms. The molecule has 2 unspecified atom stereocenters. The maximum atomic E-state index is 12.9. The first-order valence-corrected chi connectivity index (χ1v) is 19.7. The van der Waals surface area contributed by atoms with Gasteiger partial charge in [0.1, 0.15) is 5.78 Å². The predicted molar refractivity (Wildman–Crippen MR) is 194 cm³/mol. The number of carbonyl (C=O) groups excluding carboxylic acids is 3. The molecule has 0 heterocycles. The van der Waals surface area contributed by atoms with Crippen LogP contribution in [0, 0.1) is 17.8 Å². The van der Waals surface area contributed by atoms with Crippen molar-refractivity contribution >= 4 is 35.5 Å². The number of Topliss-reactive ketones (excluding diaryl/α,β-unsaturated/α-hetero) is 1. The van der Waals surface area contributed by atoms with Crippen LogP contribution < -0.4 is 10.6 Å². The van der Waals surface area contributed by atoms with Crippen LogP contribution in [0.15, 0.2) is 0 Å². The molecule has 1 fully saturated rings. The maximum Gasteiger partial charge on any atom is 0.306 e. The number of aliphatic carboxylic acids is 3. The van der Waals surface area contributed by atoms with Gasteiger partial charge in [-0.2, -0.15) is 0 Å². The highest BCUT2D eigenvalue weighted by Gasteiger charge is 2.30. The summed E-state index contributed by atoms with van der Waals surface area (Å²) in [6, 6.07) is -0.326. The normalized spacial score (nSPS) is 17.1. The van der Waals surface area contributed by atoms with Gasteiger partial charge in [-0.05, 0) is 64.2 Å². The number of hydrogen-bond donors (Lipinski definition) is 5. The lowest BCUT2D eigenvalue weighted by Gasteiger charge is -2.28. The SMILES string of the molecule is CC(CCC(=O)O)NC(=O)CCC(CC(=O)C1CCC(CNC(=O)CCCCCCCCCCCCCCCCCCC(=O)O)CC1)C(=O)O. The third-order valence-electron chi connectivity index (χ3n) is 10.1. The molecule has 1 rings (SSSR count).